The number of aromatic nitrogens is 1. The van der Waals surface area contributed by atoms with Gasteiger partial charge in [-0.15, -0.1) is 6.58 Å². The van der Waals surface area contributed by atoms with Gasteiger partial charge in [-0.3, -0.25) is 9.78 Å². The Morgan fingerprint density at radius 1 is 1.56 bits per heavy atom. The standard InChI is InChI=1S/C12H17N3O/c1-3-6-14-12(16)10(2)15-9-11-4-7-13-8-5-11/h3-5,7-8,10,15H,1,6,9H2,2H3,(H,14,16). The lowest BCUT2D eigenvalue weighted by atomic mass is 10.2. The Labute approximate surface area is 95.8 Å². The van der Waals surface area contributed by atoms with Crippen LogP contribution in [0.3, 0.4) is 0 Å². The fraction of sp³-hybridized carbons (Fsp3) is 0.333. The van der Waals surface area contributed by atoms with E-state index in [1.54, 1.807) is 18.5 Å². The topological polar surface area (TPSA) is 54.0 Å². The molecule has 0 aliphatic carbocycles. The maximum Gasteiger partial charge on any atom is 0.237 e. The number of hydrogen-bond donors (Lipinski definition) is 2. The first-order chi connectivity index (χ1) is 7.74. The predicted octanol–water partition coefficient (Wildman–Crippen LogP) is 0.862. The van der Waals surface area contributed by atoms with Crippen molar-refractivity contribution in [2.24, 2.45) is 0 Å². The zero-order chi connectivity index (χ0) is 11.8. The highest BCUT2D eigenvalue weighted by atomic mass is 16.2. The molecule has 1 aromatic rings. The Morgan fingerprint density at radius 3 is 2.88 bits per heavy atom. The zero-order valence-electron chi connectivity index (χ0n) is 9.44. The molecule has 0 saturated heterocycles. The highest BCUT2D eigenvalue weighted by Crippen LogP contribution is 1.96. The number of nitrogens with one attached hydrogen (secondary N) is 2. The highest BCUT2D eigenvalue weighted by Gasteiger charge is 2.10. The fourth-order valence-electron chi connectivity index (χ4n) is 1.19. The van der Waals surface area contributed by atoms with Crippen LogP contribution >= 0.6 is 0 Å². The number of carbonyl (C=O) groups is 1. The third-order valence-electron chi connectivity index (χ3n) is 2.18. The van der Waals surface area contributed by atoms with Crippen molar-refractivity contribution in [3.8, 4) is 0 Å². The molecule has 4 nitrogen and oxygen atoms in total. The Hall–Kier alpha value is -1.68. The Kier molecular flexibility index (Phi) is 5.22. The van der Waals surface area contributed by atoms with Crippen molar-refractivity contribution in [1.29, 1.82) is 0 Å². The van der Waals surface area contributed by atoms with Gasteiger partial charge in [-0.25, -0.2) is 0 Å². The van der Waals surface area contributed by atoms with Gasteiger partial charge in [-0.05, 0) is 24.6 Å². The second kappa shape index (κ2) is 6.74. The molecule has 0 aromatic carbocycles. The molecule has 1 atom stereocenters. The number of amides is 1. The summed E-state index contributed by atoms with van der Waals surface area (Å²) in [5.74, 6) is -0.0195. The summed E-state index contributed by atoms with van der Waals surface area (Å²) >= 11 is 0. The molecule has 0 aliphatic rings. The molecule has 1 aromatic heterocycles. The van der Waals surface area contributed by atoms with Crippen LogP contribution in [0.2, 0.25) is 0 Å². The van der Waals surface area contributed by atoms with E-state index < -0.39 is 0 Å². The van der Waals surface area contributed by atoms with Crippen molar-refractivity contribution in [2.45, 2.75) is 19.5 Å². The van der Waals surface area contributed by atoms with Crippen LogP contribution in [0, 0.1) is 0 Å². The molecule has 16 heavy (non-hydrogen) atoms. The van der Waals surface area contributed by atoms with Crippen LogP contribution in [0.4, 0.5) is 0 Å². The van der Waals surface area contributed by atoms with Gasteiger partial charge in [0.1, 0.15) is 0 Å². The second-order valence-corrected chi connectivity index (χ2v) is 3.49. The molecule has 0 radical (unpaired) electrons. The summed E-state index contributed by atoms with van der Waals surface area (Å²) in [5.41, 5.74) is 1.11. The molecule has 86 valence electrons. The molecule has 1 amide bonds. The van der Waals surface area contributed by atoms with Gasteiger partial charge >= 0.3 is 0 Å². The Morgan fingerprint density at radius 2 is 2.25 bits per heavy atom. The largest absolute Gasteiger partial charge is 0.351 e. The molecule has 1 unspecified atom stereocenters. The van der Waals surface area contributed by atoms with Crippen LogP contribution in [0.1, 0.15) is 12.5 Å². The molecule has 4 heteroatoms. The van der Waals surface area contributed by atoms with Gasteiger partial charge in [0.2, 0.25) is 5.91 Å². The molecule has 1 heterocycles. The number of hydrogen-bond acceptors (Lipinski definition) is 3. The third-order valence-corrected chi connectivity index (χ3v) is 2.18. The van der Waals surface area contributed by atoms with Gasteiger partial charge in [0, 0.05) is 25.5 Å². The summed E-state index contributed by atoms with van der Waals surface area (Å²) in [6.07, 6.45) is 5.13. The van der Waals surface area contributed by atoms with Crippen molar-refractivity contribution in [3.63, 3.8) is 0 Å². The van der Waals surface area contributed by atoms with Crippen molar-refractivity contribution in [3.05, 3.63) is 42.7 Å². The van der Waals surface area contributed by atoms with Gasteiger partial charge in [-0.2, -0.15) is 0 Å². The normalized spacial score (nSPS) is 11.8. The van der Waals surface area contributed by atoms with E-state index in [4.69, 9.17) is 0 Å². The molecule has 0 aliphatic heterocycles. The van der Waals surface area contributed by atoms with Crippen molar-refractivity contribution in [1.82, 2.24) is 15.6 Å². The molecule has 0 bridgehead atoms. The lowest BCUT2D eigenvalue weighted by Crippen LogP contribution is -2.41. The van der Waals surface area contributed by atoms with Crippen molar-refractivity contribution < 1.29 is 4.79 Å². The molecular weight excluding hydrogens is 202 g/mol. The van der Waals surface area contributed by atoms with E-state index in [0.717, 1.165) is 5.56 Å². The summed E-state index contributed by atoms with van der Waals surface area (Å²) in [6.45, 7) is 6.53. The first-order valence-electron chi connectivity index (χ1n) is 5.25. The zero-order valence-corrected chi connectivity index (χ0v) is 9.44. The molecule has 0 spiro atoms. The maximum atomic E-state index is 11.5. The fourth-order valence-corrected chi connectivity index (χ4v) is 1.19. The highest BCUT2D eigenvalue weighted by molar-refractivity contribution is 5.81. The smallest absolute Gasteiger partial charge is 0.237 e. The van der Waals surface area contributed by atoms with Gasteiger partial charge in [0.05, 0.1) is 6.04 Å². The summed E-state index contributed by atoms with van der Waals surface area (Å²) in [4.78, 5) is 15.4. The van der Waals surface area contributed by atoms with Gasteiger partial charge in [0.25, 0.3) is 0 Å². The van der Waals surface area contributed by atoms with Crippen LogP contribution in [-0.4, -0.2) is 23.5 Å². The van der Waals surface area contributed by atoms with Crippen LogP contribution in [0.15, 0.2) is 37.2 Å². The Bertz CT molecular complexity index is 337. The number of carbonyl (C=O) groups excluding carboxylic acids is 1. The summed E-state index contributed by atoms with van der Waals surface area (Å²) in [7, 11) is 0. The van der Waals surface area contributed by atoms with Crippen LogP contribution < -0.4 is 10.6 Å². The Balaban J connectivity index is 2.32. The summed E-state index contributed by atoms with van der Waals surface area (Å²) in [5, 5.41) is 5.87. The molecule has 0 fully saturated rings. The molecule has 0 saturated carbocycles. The van der Waals surface area contributed by atoms with E-state index in [1.165, 1.54) is 0 Å². The molecule has 1 rings (SSSR count). The van der Waals surface area contributed by atoms with E-state index in [2.05, 4.69) is 22.2 Å². The maximum absolute atomic E-state index is 11.5. The van der Waals surface area contributed by atoms with E-state index in [1.807, 2.05) is 19.1 Å². The van der Waals surface area contributed by atoms with Crippen LogP contribution in [0.5, 0.6) is 0 Å². The van der Waals surface area contributed by atoms with Gasteiger partial charge < -0.3 is 10.6 Å². The first kappa shape index (κ1) is 12.4. The monoisotopic (exact) mass is 219 g/mol. The van der Waals surface area contributed by atoms with E-state index in [-0.39, 0.29) is 11.9 Å². The molecular formula is C12H17N3O. The van der Waals surface area contributed by atoms with E-state index in [9.17, 15) is 4.79 Å². The summed E-state index contributed by atoms with van der Waals surface area (Å²) in [6, 6.07) is 3.62. The number of pyridine rings is 1. The predicted molar refractivity (Wildman–Crippen MR) is 63.7 cm³/mol. The van der Waals surface area contributed by atoms with E-state index in [0.29, 0.717) is 13.1 Å². The van der Waals surface area contributed by atoms with Crippen LogP contribution in [-0.2, 0) is 11.3 Å². The van der Waals surface area contributed by atoms with Gasteiger partial charge in [-0.1, -0.05) is 6.08 Å². The number of rotatable bonds is 6. The second-order valence-electron chi connectivity index (χ2n) is 3.49. The summed E-state index contributed by atoms with van der Waals surface area (Å²) < 4.78 is 0. The minimum Gasteiger partial charge on any atom is -0.351 e. The molecule has 2 N–H and O–H groups in total. The average Bonchev–Trinajstić information content (AvgIpc) is 2.34. The van der Waals surface area contributed by atoms with E-state index >= 15 is 0 Å². The van der Waals surface area contributed by atoms with Crippen molar-refractivity contribution in [2.75, 3.05) is 6.54 Å². The lowest BCUT2D eigenvalue weighted by molar-refractivity contribution is -0.122. The SMILES string of the molecule is C=CCNC(=O)C(C)NCc1ccncc1. The lowest BCUT2D eigenvalue weighted by Gasteiger charge is -2.13. The number of nitrogens with zero attached hydrogens (tertiary/aromatic N) is 1. The first-order valence-corrected chi connectivity index (χ1v) is 5.25. The average molecular weight is 219 g/mol. The van der Waals surface area contributed by atoms with Gasteiger partial charge in [0.15, 0.2) is 0 Å². The quantitative estimate of drug-likeness (QED) is 0.698. The minimum atomic E-state index is -0.215. The van der Waals surface area contributed by atoms with Crippen LogP contribution in [0.25, 0.3) is 0 Å². The van der Waals surface area contributed by atoms with Crippen molar-refractivity contribution >= 4 is 5.91 Å². The minimum absolute atomic E-state index is 0.0195. The third kappa shape index (κ3) is 4.23.